The first kappa shape index (κ1) is 10.8. The van der Waals surface area contributed by atoms with Crippen LogP contribution in [0.3, 0.4) is 0 Å². The zero-order valence-electron chi connectivity index (χ0n) is 8.87. The van der Waals surface area contributed by atoms with Gasteiger partial charge >= 0.3 is 0 Å². The quantitative estimate of drug-likeness (QED) is 0.815. The number of carbonyl (C=O) groups excluding carboxylic acids is 1. The molecule has 2 rings (SSSR count). The molecule has 0 aliphatic heterocycles. The summed E-state index contributed by atoms with van der Waals surface area (Å²) in [6.07, 6.45) is 4.49. The van der Waals surface area contributed by atoms with Crippen LogP contribution in [0.25, 0.3) is 0 Å². The number of rotatable bonds is 3. The maximum atomic E-state index is 10.9. The Labute approximate surface area is 97.3 Å². The molecule has 6 heteroatoms. The highest BCUT2D eigenvalue weighted by Gasteiger charge is 2.07. The smallest absolute Gasteiger partial charge is 0.251 e. The molecule has 2 aromatic rings. The molecular weight excluding hydrogens is 218 g/mol. The third-order valence-corrected chi connectivity index (χ3v) is 2.25. The molecule has 0 unspecified atom stereocenters. The number of carbonyl (C=O) groups is 1. The topological polar surface area (TPSA) is 97.6 Å². The first-order chi connectivity index (χ1) is 8.20. The zero-order chi connectivity index (χ0) is 12.3. The van der Waals surface area contributed by atoms with E-state index in [2.05, 4.69) is 10.1 Å². The van der Waals surface area contributed by atoms with Gasteiger partial charge in [-0.15, -0.1) is 0 Å². The van der Waals surface area contributed by atoms with Gasteiger partial charge in [-0.05, 0) is 6.07 Å². The van der Waals surface area contributed by atoms with Gasteiger partial charge in [0.15, 0.2) is 0 Å². The minimum atomic E-state index is -0.525. The van der Waals surface area contributed by atoms with Crippen molar-refractivity contribution < 1.29 is 4.79 Å². The van der Waals surface area contributed by atoms with Crippen molar-refractivity contribution in [3.63, 3.8) is 0 Å². The molecule has 6 nitrogen and oxygen atoms in total. The van der Waals surface area contributed by atoms with Crippen LogP contribution >= 0.6 is 0 Å². The van der Waals surface area contributed by atoms with Crippen molar-refractivity contribution in [3.8, 4) is 6.07 Å². The SMILES string of the molecule is N#Cc1ncccc1Cn1cc(C(N)=O)cn1. The molecule has 0 radical (unpaired) electrons. The summed E-state index contributed by atoms with van der Waals surface area (Å²) in [5, 5.41) is 12.9. The van der Waals surface area contributed by atoms with Gasteiger partial charge in [-0.1, -0.05) is 6.07 Å². The normalized spacial score (nSPS) is 9.82. The van der Waals surface area contributed by atoms with Gasteiger partial charge in [-0.3, -0.25) is 9.48 Å². The van der Waals surface area contributed by atoms with Crippen molar-refractivity contribution in [3.05, 3.63) is 47.5 Å². The van der Waals surface area contributed by atoms with Gasteiger partial charge in [-0.25, -0.2) is 4.98 Å². The fourth-order valence-corrected chi connectivity index (χ4v) is 1.42. The average Bonchev–Trinajstić information content (AvgIpc) is 2.78. The summed E-state index contributed by atoms with van der Waals surface area (Å²) in [6.45, 7) is 0.379. The number of hydrogen-bond donors (Lipinski definition) is 1. The summed E-state index contributed by atoms with van der Waals surface area (Å²) < 4.78 is 1.54. The van der Waals surface area contributed by atoms with E-state index in [0.717, 1.165) is 5.56 Å². The van der Waals surface area contributed by atoms with Gasteiger partial charge in [0.25, 0.3) is 5.91 Å². The monoisotopic (exact) mass is 227 g/mol. The van der Waals surface area contributed by atoms with Crippen LogP contribution in [-0.4, -0.2) is 20.7 Å². The first-order valence-electron chi connectivity index (χ1n) is 4.87. The molecule has 0 atom stereocenters. The molecule has 2 N–H and O–H groups in total. The number of amides is 1. The Morgan fingerprint density at radius 2 is 2.41 bits per heavy atom. The van der Waals surface area contributed by atoms with Crippen LogP contribution in [-0.2, 0) is 6.54 Å². The van der Waals surface area contributed by atoms with Crippen molar-refractivity contribution in [2.24, 2.45) is 5.73 Å². The molecule has 0 aliphatic carbocycles. The van der Waals surface area contributed by atoms with Crippen molar-refractivity contribution in [2.45, 2.75) is 6.54 Å². The van der Waals surface area contributed by atoms with Crippen molar-refractivity contribution >= 4 is 5.91 Å². The number of hydrogen-bond acceptors (Lipinski definition) is 4. The van der Waals surface area contributed by atoms with E-state index in [1.165, 1.54) is 17.1 Å². The van der Waals surface area contributed by atoms with Crippen LogP contribution in [0.4, 0.5) is 0 Å². The minimum absolute atomic E-state index is 0.340. The fraction of sp³-hybridized carbons (Fsp3) is 0.0909. The average molecular weight is 227 g/mol. The summed E-state index contributed by atoms with van der Waals surface area (Å²) >= 11 is 0. The van der Waals surface area contributed by atoms with Gasteiger partial charge < -0.3 is 5.73 Å². The number of nitrogens with zero attached hydrogens (tertiary/aromatic N) is 4. The Morgan fingerprint density at radius 3 is 3.06 bits per heavy atom. The van der Waals surface area contributed by atoms with Crippen LogP contribution in [0.1, 0.15) is 21.6 Å². The lowest BCUT2D eigenvalue weighted by Crippen LogP contribution is -2.09. The molecule has 0 aromatic carbocycles. The summed E-state index contributed by atoms with van der Waals surface area (Å²) in [6, 6.07) is 5.54. The van der Waals surface area contributed by atoms with Crippen LogP contribution in [0, 0.1) is 11.3 Å². The second-order valence-electron chi connectivity index (χ2n) is 3.41. The van der Waals surface area contributed by atoms with Crippen LogP contribution in [0.15, 0.2) is 30.7 Å². The summed E-state index contributed by atoms with van der Waals surface area (Å²) in [7, 11) is 0. The highest BCUT2D eigenvalue weighted by atomic mass is 16.1. The zero-order valence-corrected chi connectivity index (χ0v) is 8.87. The predicted octanol–water partition coefficient (Wildman–Crippen LogP) is 0.297. The van der Waals surface area contributed by atoms with E-state index in [1.807, 2.05) is 6.07 Å². The van der Waals surface area contributed by atoms with Gasteiger partial charge in [0, 0.05) is 18.0 Å². The third-order valence-electron chi connectivity index (χ3n) is 2.25. The molecular formula is C11H9N5O. The standard InChI is InChI=1S/C11H9N5O/c12-4-10-8(2-1-3-14-10)6-16-7-9(5-15-16)11(13)17/h1-3,5,7H,6H2,(H2,13,17). The highest BCUT2D eigenvalue weighted by Crippen LogP contribution is 2.07. The molecule has 0 bridgehead atoms. The van der Waals surface area contributed by atoms with E-state index in [-0.39, 0.29) is 0 Å². The lowest BCUT2D eigenvalue weighted by atomic mass is 10.2. The lowest BCUT2D eigenvalue weighted by molar-refractivity contribution is 0.1000. The molecule has 0 fully saturated rings. The molecule has 0 saturated heterocycles. The van der Waals surface area contributed by atoms with Crippen molar-refractivity contribution in [1.82, 2.24) is 14.8 Å². The second kappa shape index (κ2) is 4.45. The third kappa shape index (κ3) is 2.29. The van der Waals surface area contributed by atoms with Crippen LogP contribution < -0.4 is 5.73 Å². The number of aromatic nitrogens is 3. The molecule has 1 amide bonds. The number of nitriles is 1. The predicted molar refractivity (Wildman–Crippen MR) is 58.8 cm³/mol. The van der Waals surface area contributed by atoms with E-state index in [0.29, 0.717) is 17.8 Å². The Kier molecular flexibility index (Phi) is 2.83. The Bertz CT molecular complexity index is 596. The fourth-order valence-electron chi connectivity index (χ4n) is 1.42. The van der Waals surface area contributed by atoms with E-state index < -0.39 is 5.91 Å². The van der Waals surface area contributed by atoms with E-state index in [9.17, 15) is 4.79 Å². The Morgan fingerprint density at radius 1 is 1.59 bits per heavy atom. The summed E-state index contributed by atoms with van der Waals surface area (Å²) in [5.41, 5.74) is 6.55. The summed E-state index contributed by atoms with van der Waals surface area (Å²) in [4.78, 5) is 14.8. The molecule has 0 aliphatic rings. The molecule has 17 heavy (non-hydrogen) atoms. The van der Waals surface area contributed by atoms with E-state index >= 15 is 0 Å². The van der Waals surface area contributed by atoms with Gasteiger partial charge in [0.1, 0.15) is 11.8 Å². The van der Waals surface area contributed by atoms with Crippen LogP contribution in [0.5, 0.6) is 0 Å². The largest absolute Gasteiger partial charge is 0.366 e. The molecule has 2 heterocycles. The highest BCUT2D eigenvalue weighted by molar-refractivity contribution is 5.92. The first-order valence-corrected chi connectivity index (χ1v) is 4.87. The van der Waals surface area contributed by atoms with Crippen molar-refractivity contribution in [2.75, 3.05) is 0 Å². The summed E-state index contributed by atoms with van der Waals surface area (Å²) in [5.74, 6) is -0.525. The minimum Gasteiger partial charge on any atom is -0.366 e. The van der Waals surface area contributed by atoms with Gasteiger partial charge in [-0.2, -0.15) is 10.4 Å². The van der Waals surface area contributed by atoms with E-state index in [1.54, 1.807) is 18.3 Å². The van der Waals surface area contributed by atoms with Crippen LogP contribution in [0.2, 0.25) is 0 Å². The molecule has 0 spiro atoms. The number of pyridine rings is 1. The molecule has 0 saturated carbocycles. The second-order valence-corrected chi connectivity index (χ2v) is 3.41. The molecule has 2 aromatic heterocycles. The van der Waals surface area contributed by atoms with Gasteiger partial charge in [0.2, 0.25) is 0 Å². The lowest BCUT2D eigenvalue weighted by Gasteiger charge is -2.02. The van der Waals surface area contributed by atoms with E-state index in [4.69, 9.17) is 11.0 Å². The molecule has 84 valence electrons. The number of primary amides is 1. The Hall–Kier alpha value is -2.68. The van der Waals surface area contributed by atoms with Gasteiger partial charge in [0.05, 0.1) is 18.3 Å². The number of nitrogens with two attached hydrogens (primary N) is 1. The Balaban J connectivity index is 2.26. The maximum absolute atomic E-state index is 10.9. The van der Waals surface area contributed by atoms with Crippen molar-refractivity contribution in [1.29, 1.82) is 5.26 Å². The maximum Gasteiger partial charge on any atom is 0.251 e.